The van der Waals surface area contributed by atoms with Crippen molar-refractivity contribution in [1.82, 2.24) is 10.3 Å². The lowest BCUT2D eigenvalue weighted by atomic mass is 10.2. The first kappa shape index (κ1) is 16.9. The Labute approximate surface area is 150 Å². The summed E-state index contributed by atoms with van der Waals surface area (Å²) in [6.07, 6.45) is 0.894. The van der Waals surface area contributed by atoms with Gasteiger partial charge in [-0.25, -0.2) is 0 Å². The first-order chi connectivity index (χ1) is 11.6. The molecule has 124 valence electrons. The van der Waals surface area contributed by atoms with Gasteiger partial charge in [0.2, 0.25) is 0 Å². The normalized spacial score (nSPS) is 12.3. The van der Waals surface area contributed by atoms with E-state index in [0.717, 1.165) is 27.1 Å². The van der Waals surface area contributed by atoms with Crippen molar-refractivity contribution < 1.29 is 4.79 Å². The predicted octanol–water partition coefficient (Wildman–Crippen LogP) is 5.50. The number of rotatable bonds is 5. The molecule has 0 aliphatic carbocycles. The SMILES string of the molecule is CC[C@H](C)NC(=O)c1[nH]c2ccccc2c1Sc1ccc(Cl)cc1. The Kier molecular flexibility index (Phi) is 5.17. The van der Waals surface area contributed by atoms with E-state index in [2.05, 4.69) is 17.2 Å². The fourth-order valence-electron chi connectivity index (χ4n) is 2.40. The molecule has 3 aromatic rings. The zero-order valence-electron chi connectivity index (χ0n) is 13.6. The molecule has 2 aromatic carbocycles. The van der Waals surface area contributed by atoms with Gasteiger partial charge in [-0.3, -0.25) is 4.79 Å². The summed E-state index contributed by atoms with van der Waals surface area (Å²) in [5.74, 6) is -0.0722. The minimum atomic E-state index is -0.0722. The summed E-state index contributed by atoms with van der Waals surface area (Å²) in [6.45, 7) is 4.06. The van der Waals surface area contributed by atoms with Crippen molar-refractivity contribution in [3.8, 4) is 0 Å². The van der Waals surface area contributed by atoms with E-state index in [-0.39, 0.29) is 11.9 Å². The zero-order valence-corrected chi connectivity index (χ0v) is 15.2. The van der Waals surface area contributed by atoms with Crippen LogP contribution < -0.4 is 5.32 Å². The average molecular weight is 359 g/mol. The molecule has 1 aromatic heterocycles. The van der Waals surface area contributed by atoms with Gasteiger partial charge in [0.1, 0.15) is 5.69 Å². The Balaban J connectivity index is 2.01. The van der Waals surface area contributed by atoms with Crippen LogP contribution in [0.15, 0.2) is 58.3 Å². The molecule has 0 bridgehead atoms. The lowest BCUT2D eigenvalue weighted by Crippen LogP contribution is -2.32. The Morgan fingerprint density at radius 3 is 2.62 bits per heavy atom. The van der Waals surface area contributed by atoms with Crippen LogP contribution in [0, 0.1) is 0 Å². The van der Waals surface area contributed by atoms with Gasteiger partial charge in [-0.15, -0.1) is 0 Å². The quantitative estimate of drug-likeness (QED) is 0.632. The topological polar surface area (TPSA) is 44.9 Å². The van der Waals surface area contributed by atoms with Crippen LogP contribution in [0.5, 0.6) is 0 Å². The van der Waals surface area contributed by atoms with Gasteiger partial charge in [0.15, 0.2) is 0 Å². The molecule has 1 atom stereocenters. The summed E-state index contributed by atoms with van der Waals surface area (Å²) in [4.78, 5) is 17.9. The van der Waals surface area contributed by atoms with Crippen molar-refractivity contribution in [3.63, 3.8) is 0 Å². The van der Waals surface area contributed by atoms with Gasteiger partial charge < -0.3 is 10.3 Å². The highest BCUT2D eigenvalue weighted by atomic mass is 35.5. The number of amides is 1. The van der Waals surface area contributed by atoms with Crippen molar-refractivity contribution in [2.24, 2.45) is 0 Å². The summed E-state index contributed by atoms with van der Waals surface area (Å²) in [7, 11) is 0. The standard InChI is InChI=1S/C19H19ClN2OS/c1-3-12(2)21-19(23)17-18(15-6-4-5-7-16(15)22-17)24-14-10-8-13(20)9-11-14/h4-12,22H,3H2,1-2H3,(H,21,23)/t12-/m0/s1. The number of hydrogen-bond acceptors (Lipinski definition) is 2. The number of hydrogen-bond donors (Lipinski definition) is 2. The Hall–Kier alpha value is -1.91. The monoisotopic (exact) mass is 358 g/mol. The third-order valence-corrected chi connectivity index (χ3v) is 5.30. The average Bonchev–Trinajstić information content (AvgIpc) is 2.95. The maximum Gasteiger partial charge on any atom is 0.269 e. The minimum Gasteiger partial charge on any atom is -0.350 e. The van der Waals surface area contributed by atoms with E-state index >= 15 is 0 Å². The van der Waals surface area contributed by atoms with E-state index in [1.165, 1.54) is 0 Å². The van der Waals surface area contributed by atoms with Gasteiger partial charge in [0.05, 0.1) is 4.90 Å². The van der Waals surface area contributed by atoms with Crippen LogP contribution in [-0.2, 0) is 0 Å². The van der Waals surface area contributed by atoms with Crippen molar-refractivity contribution in [3.05, 3.63) is 59.2 Å². The first-order valence-corrected chi connectivity index (χ1v) is 9.13. The smallest absolute Gasteiger partial charge is 0.269 e. The van der Waals surface area contributed by atoms with Crippen LogP contribution in [0.3, 0.4) is 0 Å². The molecule has 0 unspecified atom stereocenters. The van der Waals surface area contributed by atoms with Gasteiger partial charge in [0.25, 0.3) is 5.91 Å². The van der Waals surface area contributed by atoms with Crippen LogP contribution in [0.2, 0.25) is 5.02 Å². The molecule has 0 fully saturated rings. The number of para-hydroxylation sites is 1. The lowest BCUT2D eigenvalue weighted by Gasteiger charge is -2.11. The number of aromatic amines is 1. The summed E-state index contributed by atoms with van der Waals surface area (Å²) >= 11 is 7.54. The molecule has 0 aliphatic rings. The number of fused-ring (bicyclic) bond motifs is 1. The maximum absolute atomic E-state index is 12.7. The van der Waals surface area contributed by atoms with Crippen molar-refractivity contribution in [2.75, 3.05) is 0 Å². The first-order valence-electron chi connectivity index (χ1n) is 7.93. The van der Waals surface area contributed by atoms with Crippen molar-refractivity contribution in [2.45, 2.75) is 36.1 Å². The number of carbonyl (C=O) groups is 1. The third-order valence-electron chi connectivity index (χ3n) is 3.91. The van der Waals surface area contributed by atoms with Gasteiger partial charge in [-0.2, -0.15) is 0 Å². The number of carbonyl (C=O) groups excluding carboxylic acids is 1. The molecule has 0 saturated heterocycles. The number of aromatic nitrogens is 1. The third kappa shape index (κ3) is 3.60. The number of benzene rings is 2. The van der Waals surface area contributed by atoms with Gasteiger partial charge >= 0.3 is 0 Å². The Morgan fingerprint density at radius 2 is 1.92 bits per heavy atom. The maximum atomic E-state index is 12.7. The highest BCUT2D eigenvalue weighted by molar-refractivity contribution is 7.99. The number of nitrogens with one attached hydrogen (secondary N) is 2. The fraction of sp³-hybridized carbons (Fsp3) is 0.211. The Morgan fingerprint density at radius 1 is 1.21 bits per heavy atom. The molecular weight excluding hydrogens is 340 g/mol. The van der Waals surface area contributed by atoms with Crippen LogP contribution in [-0.4, -0.2) is 16.9 Å². The summed E-state index contributed by atoms with van der Waals surface area (Å²) in [5, 5.41) is 4.79. The highest BCUT2D eigenvalue weighted by Crippen LogP contribution is 2.37. The summed E-state index contributed by atoms with van der Waals surface area (Å²) < 4.78 is 0. The van der Waals surface area contributed by atoms with E-state index in [1.54, 1.807) is 11.8 Å². The molecule has 1 heterocycles. The van der Waals surface area contributed by atoms with Crippen LogP contribution >= 0.6 is 23.4 Å². The molecule has 3 nitrogen and oxygen atoms in total. The Bertz CT molecular complexity index is 857. The molecule has 0 spiro atoms. The summed E-state index contributed by atoms with van der Waals surface area (Å²) in [6, 6.07) is 15.7. The molecular formula is C19H19ClN2OS. The molecule has 1 amide bonds. The second-order valence-corrected chi connectivity index (χ2v) is 7.23. The highest BCUT2D eigenvalue weighted by Gasteiger charge is 2.19. The second kappa shape index (κ2) is 7.32. The second-order valence-electron chi connectivity index (χ2n) is 5.71. The molecule has 0 saturated carbocycles. The summed E-state index contributed by atoms with van der Waals surface area (Å²) in [5.41, 5.74) is 1.57. The zero-order chi connectivity index (χ0) is 17.1. The molecule has 0 radical (unpaired) electrons. The van der Waals surface area contributed by atoms with Crippen molar-refractivity contribution in [1.29, 1.82) is 0 Å². The van der Waals surface area contributed by atoms with Crippen molar-refractivity contribution >= 4 is 40.2 Å². The van der Waals surface area contributed by atoms with Gasteiger partial charge in [-0.1, -0.05) is 48.5 Å². The van der Waals surface area contributed by atoms with E-state index in [9.17, 15) is 4.79 Å². The molecule has 5 heteroatoms. The number of H-pyrrole nitrogens is 1. The molecule has 3 rings (SSSR count). The van der Waals surface area contributed by atoms with E-state index < -0.39 is 0 Å². The fourth-order valence-corrected chi connectivity index (χ4v) is 3.57. The van der Waals surface area contributed by atoms with Gasteiger partial charge in [0, 0.05) is 26.9 Å². The van der Waals surface area contributed by atoms with Crippen LogP contribution in [0.4, 0.5) is 0 Å². The molecule has 0 aliphatic heterocycles. The van der Waals surface area contributed by atoms with E-state index in [0.29, 0.717) is 10.7 Å². The largest absolute Gasteiger partial charge is 0.350 e. The predicted molar refractivity (Wildman–Crippen MR) is 101 cm³/mol. The minimum absolute atomic E-state index is 0.0722. The number of halogens is 1. The molecule has 24 heavy (non-hydrogen) atoms. The molecule has 2 N–H and O–H groups in total. The van der Waals surface area contributed by atoms with E-state index in [1.807, 2.05) is 55.5 Å². The van der Waals surface area contributed by atoms with E-state index in [4.69, 9.17) is 11.6 Å². The van der Waals surface area contributed by atoms with Crippen LogP contribution in [0.1, 0.15) is 30.8 Å². The van der Waals surface area contributed by atoms with Crippen LogP contribution in [0.25, 0.3) is 10.9 Å². The van der Waals surface area contributed by atoms with Gasteiger partial charge in [-0.05, 0) is 43.7 Å². The lowest BCUT2D eigenvalue weighted by molar-refractivity contribution is 0.0932.